The van der Waals surface area contributed by atoms with E-state index < -0.39 is 10.0 Å². The van der Waals surface area contributed by atoms with Crippen molar-refractivity contribution in [3.05, 3.63) is 0 Å². The van der Waals surface area contributed by atoms with Crippen LogP contribution in [0.5, 0.6) is 0 Å². The molecule has 5 heteroatoms. The fourth-order valence-electron chi connectivity index (χ4n) is 1.29. The molecule has 0 aromatic heterocycles. The van der Waals surface area contributed by atoms with Crippen LogP contribution in [0.4, 0.5) is 0 Å². The highest BCUT2D eigenvalue weighted by Gasteiger charge is 2.22. The van der Waals surface area contributed by atoms with E-state index in [1.807, 2.05) is 13.8 Å². The lowest BCUT2D eigenvalue weighted by molar-refractivity contribution is 0.307. The lowest BCUT2D eigenvalue weighted by Gasteiger charge is -2.24. The lowest BCUT2D eigenvalue weighted by Crippen LogP contribution is -2.38. The first-order valence-corrected chi connectivity index (χ1v) is 6.17. The van der Waals surface area contributed by atoms with Crippen LogP contribution in [-0.2, 0) is 10.0 Å². The van der Waals surface area contributed by atoms with Gasteiger partial charge in [-0.15, -0.1) is 0 Å². The van der Waals surface area contributed by atoms with Gasteiger partial charge in [0, 0.05) is 13.1 Å². The molecule has 0 fully saturated rings. The number of nitrogens with zero attached hydrogens (tertiary/aromatic N) is 1. The highest BCUT2D eigenvalue weighted by atomic mass is 32.2. The van der Waals surface area contributed by atoms with Crippen molar-refractivity contribution in [3.63, 3.8) is 0 Å². The Bertz CT molecular complexity index is 222. The largest absolute Gasteiger partial charge is 0.395 e. The molecule has 0 aromatic rings. The van der Waals surface area contributed by atoms with Gasteiger partial charge in [0.15, 0.2) is 0 Å². The third-order valence-electron chi connectivity index (χ3n) is 2.24. The summed E-state index contributed by atoms with van der Waals surface area (Å²) in [7, 11) is -1.68. The zero-order valence-corrected chi connectivity index (χ0v) is 9.34. The average molecular weight is 209 g/mol. The Hall–Kier alpha value is -0.130. The molecule has 0 unspecified atom stereocenters. The highest BCUT2D eigenvalue weighted by Crippen LogP contribution is 2.10. The Morgan fingerprint density at radius 3 is 2.08 bits per heavy atom. The van der Waals surface area contributed by atoms with E-state index in [0.29, 0.717) is 0 Å². The molecular weight excluding hydrogens is 190 g/mol. The normalized spacial score (nSPS) is 12.8. The van der Waals surface area contributed by atoms with Crippen molar-refractivity contribution in [1.29, 1.82) is 0 Å². The summed E-state index contributed by atoms with van der Waals surface area (Å²) in [6.45, 7) is 3.60. The van der Waals surface area contributed by atoms with Crippen molar-refractivity contribution in [1.82, 2.24) is 4.31 Å². The number of rotatable bonds is 6. The molecule has 0 rings (SSSR count). The van der Waals surface area contributed by atoms with E-state index in [2.05, 4.69) is 0 Å². The van der Waals surface area contributed by atoms with Gasteiger partial charge >= 0.3 is 0 Å². The number of sulfonamides is 1. The minimum absolute atomic E-state index is 0.0524. The zero-order chi connectivity index (χ0) is 10.5. The predicted octanol–water partition coefficient (Wildman–Crippen LogP) is 0.429. The van der Waals surface area contributed by atoms with Gasteiger partial charge in [-0.05, 0) is 12.8 Å². The molecule has 0 spiro atoms. The van der Waals surface area contributed by atoms with E-state index in [0.717, 1.165) is 12.8 Å². The number of aliphatic hydroxyl groups excluding tert-OH is 1. The van der Waals surface area contributed by atoms with Gasteiger partial charge in [-0.25, -0.2) is 12.7 Å². The monoisotopic (exact) mass is 209 g/mol. The van der Waals surface area contributed by atoms with Crippen LogP contribution in [0.3, 0.4) is 0 Å². The fraction of sp³-hybridized carbons (Fsp3) is 1.00. The van der Waals surface area contributed by atoms with Crippen molar-refractivity contribution in [2.75, 3.05) is 19.4 Å². The summed E-state index contributed by atoms with van der Waals surface area (Å²) in [6.07, 6.45) is 1.61. The van der Waals surface area contributed by atoms with Gasteiger partial charge in [-0.3, -0.25) is 0 Å². The number of hydrogen-bond acceptors (Lipinski definition) is 3. The summed E-state index contributed by atoms with van der Waals surface area (Å²) in [6, 6.07) is 0.0524. The molecule has 0 aromatic carbocycles. The summed E-state index contributed by atoms with van der Waals surface area (Å²) in [5, 5.41) is 8.57. The molecule has 0 aliphatic rings. The maximum absolute atomic E-state index is 11.5. The Balaban J connectivity index is 4.46. The van der Waals surface area contributed by atoms with Crippen LogP contribution in [-0.4, -0.2) is 43.3 Å². The van der Waals surface area contributed by atoms with Crippen molar-refractivity contribution >= 4 is 10.0 Å². The topological polar surface area (TPSA) is 57.6 Å². The maximum atomic E-state index is 11.5. The van der Waals surface area contributed by atoms with Gasteiger partial charge in [0.05, 0.1) is 12.4 Å². The first kappa shape index (κ1) is 12.9. The van der Waals surface area contributed by atoms with Gasteiger partial charge in [0.1, 0.15) is 0 Å². The SMILES string of the molecule is CCC(CC)N(C)S(=O)(=O)CCO. The molecule has 13 heavy (non-hydrogen) atoms. The van der Waals surface area contributed by atoms with Crippen LogP contribution in [0.15, 0.2) is 0 Å². The third kappa shape index (κ3) is 3.62. The van der Waals surface area contributed by atoms with E-state index in [4.69, 9.17) is 5.11 Å². The van der Waals surface area contributed by atoms with E-state index in [9.17, 15) is 8.42 Å². The lowest BCUT2D eigenvalue weighted by atomic mass is 10.2. The van der Waals surface area contributed by atoms with E-state index >= 15 is 0 Å². The van der Waals surface area contributed by atoms with Crippen molar-refractivity contribution < 1.29 is 13.5 Å². The van der Waals surface area contributed by atoms with E-state index in [1.165, 1.54) is 4.31 Å². The second-order valence-corrected chi connectivity index (χ2v) is 5.17. The molecule has 0 aliphatic heterocycles. The first-order valence-electron chi connectivity index (χ1n) is 4.56. The molecule has 4 nitrogen and oxygen atoms in total. The molecule has 80 valence electrons. The van der Waals surface area contributed by atoms with Gasteiger partial charge in [0.25, 0.3) is 0 Å². The molecule has 0 saturated carbocycles. The van der Waals surface area contributed by atoms with Crippen LogP contribution >= 0.6 is 0 Å². The van der Waals surface area contributed by atoms with Crippen LogP contribution in [0.2, 0.25) is 0 Å². The minimum Gasteiger partial charge on any atom is -0.395 e. The quantitative estimate of drug-likeness (QED) is 0.690. The Morgan fingerprint density at radius 2 is 1.77 bits per heavy atom. The summed E-state index contributed by atoms with van der Waals surface area (Å²) in [4.78, 5) is 0. The molecule has 0 bridgehead atoms. The summed E-state index contributed by atoms with van der Waals surface area (Å²) in [5.74, 6) is -0.181. The maximum Gasteiger partial charge on any atom is 0.216 e. The standard InChI is InChI=1S/C8H19NO3S/c1-4-8(5-2)9(3)13(11,12)7-6-10/h8,10H,4-7H2,1-3H3. The second-order valence-electron chi connectivity index (χ2n) is 3.03. The van der Waals surface area contributed by atoms with Gasteiger partial charge in [-0.2, -0.15) is 0 Å². The second kappa shape index (κ2) is 5.57. The molecule has 0 radical (unpaired) electrons. The number of aliphatic hydroxyl groups is 1. The van der Waals surface area contributed by atoms with Crippen molar-refractivity contribution in [2.45, 2.75) is 32.7 Å². The molecular formula is C8H19NO3S. The van der Waals surface area contributed by atoms with Gasteiger partial charge in [0.2, 0.25) is 10.0 Å². The van der Waals surface area contributed by atoms with Gasteiger partial charge < -0.3 is 5.11 Å². The van der Waals surface area contributed by atoms with Crippen LogP contribution in [0.1, 0.15) is 26.7 Å². The van der Waals surface area contributed by atoms with Crippen molar-refractivity contribution in [3.8, 4) is 0 Å². The average Bonchev–Trinajstić information content (AvgIpc) is 2.06. The third-order valence-corrected chi connectivity index (χ3v) is 4.12. The molecule has 0 heterocycles. The highest BCUT2D eigenvalue weighted by molar-refractivity contribution is 7.89. The Labute approximate surface area is 80.6 Å². The molecule has 0 aliphatic carbocycles. The Morgan fingerprint density at radius 1 is 1.31 bits per heavy atom. The first-order chi connectivity index (χ1) is 5.99. The fourth-order valence-corrected chi connectivity index (χ4v) is 2.56. The van der Waals surface area contributed by atoms with E-state index in [-0.39, 0.29) is 18.4 Å². The summed E-state index contributed by atoms with van der Waals surface area (Å²) >= 11 is 0. The molecule has 0 amide bonds. The van der Waals surface area contributed by atoms with Gasteiger partial charge in [-0.1, -0.05) is 13.8 Å². The van der Waals surface area contributed by atoms with Crippen molar-refractivity contribution in [2.24, 2.45) is 0 Å². The van der Waals surface area contributed by atoms with E-state index in [1.54, 1.807) is 7.05 Å². The Kier molecular flexibility index (Phi) is 5.51. The van der Waals surface area contributed by atoms with Crippen LogP contribution < -0.4 is 0 Å². The summed E-state index contributed by atoms with van der Waals surface area (Å²) < 4.78 is 24.3. The van der Waals surface area contributed by atoms with Crippen LogP contribution in [0, 0.1) is 0 Å². The smallest absolute Gasteiger partial charge is 0.216 e. The minimum atomic E-state index is -3.25. The molecule has 0 atom stereocenters. The zero-order valence-electron chi connectivity index (χ0n) is 8.52. The van der Waals surface area contributed by atoms with Crippen LogP contribution in [0.25, 0.3) is 0 Å². The summed E-state index contributed by atoms with van der Waals surface area (Å²) in [5.41, 5.74) is 0. The molecule has 0 saturated heterocycles. The predicted molar refractivity (Wildman–Crippen MR) is 53.0 cm³/mol. The number of hydrogen-bond donors (Lipinski definition) is 1. The molecule has 1 N–H and O–H groups in total.